The van der Waals surface area contributed by atoms with Crippen molar-refractivity contribution in [2.24, 2.45) is 80.8 Å². The number of carbonyl (C=O) groups excluding carboxylic acids is 2. The molecule has 2 amide bonds. The first-order valence-electron chi connectivity index (χ1n) is 29.6. The number of alkyl halides is 8. The molecule has 2 N–H and O–H groups in total. The molecule has 8 rings (SSSR count). The van der Waals surface area contributed by atoms with Crippen molar-refractivity contribution in [2.45, 2.75) is 228 Å². The molecule has 0 saturated heterocycles. The second-order valence-electron chi connectivity index (χ2n) is 26.5. The van der Waals surface area contributed by atoms with Crippen LogP contribution in [0.15, 0.2) is 23.3 Å². The Morgan fingerprint density at radius 1 is 0.573 bits per heavy atom. The van der Waals surface area contributed by atoms with Gasteiger partial charge in [-0.3, -0.25) is 0 Å². The molecule has 0 radical (unpaired) electrons. The van der Waals surface area contributed by atoms with E-state index in [-0.39, 0.29) is 47.0 Å². The molecule has 0 aliphatic heterocycles. The van der Waals surface area contributed by atoms with E-state index < -0.39 is 19.8 Å². The molecule has 0 aromatic heterocycles. The van der Waals surface area contributed by atoms with Crippen molar-refractivity contribution in [2.75, 3.05) is 22.1 Å². The van der Waals surface area contributed by atoms with Gasteiger partial charge in [-0.1, -0.05) is 191 Å². The van der Waals surface area contributed by atoms with Crippen molar-refractivity contribution in [3.05, 3.63) is 23.3 Å². The SMILES string of the molecule is C[C@@H](NC(=O)OCC(Cl)(Cl)Cl)[C@H]1CCC2C3CC=C4C[C@@H](C(CCCCCI)OC(CCCCCI)[C@H]5CC[C@@]6(C)C(=CCC7C6CC[C@@]6(C)C7CC[C@@H]6[C@@H](C)NC(=O)OCC(Cl)(Cl)Cl)C5)CC[C@]4(C)C3CC[C@@]21C. The van der Waals surface area contributed by atoms with Gasteiger partial charge in [0.25, 0.3) is 0 Å². The molecular formula is C60H92Cl6I2N2O5. The lowest BCUT2D eigenvalue weighted by Crippen LogP contribution is -2.53. The van der Waals surface area contributed by atoms with E-state index in [4.69, 9.17) is 83.8 Å². The van der Waals surface area contributed by atoms with E-state index in [1.54, 1.807) is 11.1 Å². The van der Waals surface area contributed by atoms with E-state index in [9.17, 15) is 9.59 Å². The molecule has 75 heavy (non-hydrogen) atoms. The fourth-order valence-electron chi connectivity index (χ4n) is 19.0. The number of amides is 2. The second-order valence-corrected chi connectivity index (χ2v) is 33.7. The summed E-state index contributed by atoms with van der Waals surface area (Å²) in [6.07, 6.45) is 34.7. The highest BCUT2D eigenvalue weighted by Crippen LogP contribution is 2.69. The molecule has 15 heteroatoms. The van der Waals surface area contributed by atoms with E-state index >= 15 is 0 Å². The van der Waals surface area contributed by atoms with Crippen molar-refractivity contribution in [3.8, 4) is 0 Å². The third kappa shape index (κ3) is 14.1. The third-order valence-electron chi connectivity index (χ3n) is 22.7. The van der Waals surface area contributed by atoms with Crippen molar-refractivity contribution < 1.29 is 23.8 Å². The number of halogens is 8. The zero-order valence-electron chi connectivity index (χ0n) is 46.1. The minimum atomic E-state index is -1.62. The van der Waals surface area contributed by atoms with Crippen LogP contribution in [0.5, 0.6) is 0 Å². The Morgan fingerprint density at radius 2 is 0.973 bits per heavy atom. The summed E-state index contributed by atoms with van der Waals surface area (Å²) in [7, 11) is 0. The van der Waals surface area contributed by atoms with Gasteiger partial charge in [0.2, 0.25) is 7.59 Å². The van der Waals surface area contributed by atoms with Crippen LogP contribution in [-0.4, -0.2) is 66.1 Å². The summed E-state index contributed by atoms with van der Waals surface area (Å²) < 4.78 is 17.7. The van der Waals surface area contributed by atoms with Gasteiger partial charge in [0.1, 0.15) is 13.2 Å². The molecule has 0 aromatic rings. The van der Waals surface area contributed by atoms with Crippen LogP contribution in [0.2, 0.25) is 0 Å². The molecule has 18 atom stereocenters. The molecule has 0 heterocycles. The smallest absolute Gasteiger partial charge is 0.407 e. The standard InChI is InChI=1S/C60H92Cl6I2N2O5/c1-37(69-53(71)73-35-59(61,62)63)45-19-21-47-43-17-15-41-33-39(23-27-55(41,3)49(43)25-29-57(45,47)5)51(13-9-7-11-31-67)75-52(14-10-8-12-32-68)40-24-28-56(4)42(34-40)16-18-44-48-22-20-46(58(48,6)30-26-50(44)56)38(2)70-54(72)74-36-60(64,65)66/h15-16,37-40,43-52H,7-14,17-36H2,1-6H3,(H,69,71)(H,70,72)/t37-,38-,39+,40+,43?,44?,45-,46-,47?,48?,49?,50?,51?,52?,55+,56+,57-,58-/m1/s1. The zero-order valence-corrected chi connectivity index (χ0v) is 55.0. The molecule has 6 saturated carbocycles. The van der Waals surface area contributed by atoms with Gasteiger partial charge in [-0.25, -0.2) is 9.59 Å². The monoisotopic (exact) mass is 1380 g/mol. The fraction of sp³-hybridized carbons (Fsp3) is 0.900. The van der Waals surface area contributed by atoms with E-state index in [0.717, 1.165) is 12.8 Å². The largest absolute Gasteiger partial charge is 0.445 e. The van der Waals surface area contributed by atoms with Crippen LogP contribution in [0.4, 0.5) is 9.59 Å². The van der Waals surface area contributed by atoms with E-state index in [2.05, 4.69) is 110 Å². The average Bonchev–Trinajstić information content (AvgIpc) is 3.92. The number of fused-ring (bicyclic) bond motifs is 10. The molecule has 6 fully saturated rings. The first-order valence-corrected chi connectivity index (χ1v) is 34.9. The zero-order chi connectivity index (χ0) is 54.1. The minimum absolute atomic E-state index is 0.00716. The highest BCUT2D eigenvalue weighted by Gasteiger charge is 2.62. The Kier molecular flexibility index (Phi) is 21.6. The summed E-state index contributed by atoms with van der Waals surface area (Å²) in [5, 5.41) is 6.25. The lowest BCUT2D eigenvalue weighted by molar-refractivity contribution is -0.103. The molecular weight excluding hydrogens is 1300 g/mol. The van der Waals surface area contributed by atoms with Crippen molar-refractivity contribution in [1.29, 1.82) is 0 Å². The van der Waals surface area contributed by atoms with Crippen LogP contribution < -0.4 is 10.6 Å². The molecule has 0 bridgehead atoms. The van der Waals surface area contributed by atoms with Gasteiger partial charge in [-0.15, -0.1) is 0 Å². The Balaban J connectivity index is 0.940. The summed E-state index contributed by atoms with van der Waals surface area (Å²) >= 11 is 40.4. The van der Waals surface area contributed by atoms with Gasteiger partial charge in [-0.05, 0) is 232 Å². The molecule has 0 aromatic carbocycles. The summed E-state index contributed by atoms with van der Waals surface area (Å²) in [6.45, 7) is 14.1. The minimum Gasteiger partial charge on any atom is -0.445 e. The van der Waals surface area contributed by atoms with Crippen molar-refractivity contribution in [3.63, 3.8) is 0 Å². The van der Waals surface area contributed by atoms with Crippen molar-refractivity contribution >= 4 is 127 Å². The molecule has 8 aliphatic rings. The van der Waals surface area contributed by atoms with E-state index in [1.807, 2.05) is 0 Å². The van der Waals surface area contributed by atoms with Crippen LogP contribution in [0.3, 0.4) is 0 Å². The van der Waals surface area contributed by atoms with Crippen LogP contribution >= 0.6 is 115 Å². The van der Waals surface area contributed by atoms with Crippen molar-refractivity contribution in [1.82, 2.24) is 10.6 Å². The van der Waals surface area contributed by atoms with E-state index in [1.165, 1.54) is 150 Å². The Labute approximate surface area is 510 Å². The predicted molar refractivity (Wildman–Crippen MR) is 329 cm³/mol. The number of hydrogen-bond acceptors (Lipinski definition) is 5. The predicted octanol–water partition coefficient (Wildman–Crippen LogP) is 19.1. The maximum absolute atomic E-state index is 12.8. The maximum atomic E-state index is 12.8. The number of ether oxygens (including phenoxy) is 3. The molecule has 8 unspecified atom stereocenters. The average molecular weight is 1390 g/mol. The number of carbonyl (C=O) groups is 2. The molecule has 0 spiro atoms. The summed E-state index contributed by atoms with van der Waals surface area (Å²) in [6, 6.07) is -0.0143. The van der Waals surface area contributed by atoms with Gasteiger partial charge >= 0.3 is 12.2 Å². The van der Waals surface area contributed by atoms with Gasteiger partial charge in [0.05, 0.1) is 12.2 Å². The third-order valence-corrected chi connectivity index (χ3v) is 24.9. The highest BCUT2D eigenvalue weighted by molar-refractivity contribution is 14.1. The number of rotatable bonds is 20. The number of nitrogens with one attached hydrogen (secondary N) is 2. The Hall–Kier alpha value is 1.18. The summed E-state index contributed by atoms with van der Waals surface area (Å²) in [5.74, 6) is 6.08. The highest BCUT2D eigenvalue weighted by atomic mass is 127. The van der Waals surface area contributed by atoms with Crippen LogP contribution in [0.1, 0.15) is 196 Å². The number of unbranched alkanes of at least 4 members (excludes halogenated alkanes) is 4. The quantitative estimate of drug-likeness (QED) is 0.0549. The van der Waals surface area contributed by atoms with Gasteiger partial charge in [0.15, 0.2) is 0 Å². The molecule has 428 valence electrons. The first kappa shape index (κ1) is 62.2. The van der Waals surface area contributed by atoms with Crippen LogP contribution in [-0.2, 0) is 14.2 Å². The number of alkyl carbamates (subject to hydrolysis) is 2. The van der Waals surface area contributed by atoms with Gasteiger partial charge < -0.3 is 24.8 Å². The molecule has 8 aliphatic carbocycles. The maximum Gasteiger partial charge on any atom is 0.407 e. The normalized spacial score (nSPS) is 38.9. The lowest BCUT2D eigenvalue weighted by Gasteiger charge is -2.59. The second kappa shape index (κ2) is 26.0. The van der Waals surface area contributed by atoms with Crippen LogP contribution in [0.25, 0.3) is 0 Å². The first-order chi connectivity index (χ1) is 35.4. The van der Waals surface area contributed by atoms with Gasteiger partial charge in [-0.2, -0.15) is 0 Å². The summed E-state index contributed by atoms with van der Waals surface area (Å²) in [5.41, 5.74) is 4.37. The molecule has 7 nitrogen and oxygen atoms in total. The Morgan fingerprint density at radius 3 is 1.35 bits per heavy atom. The lowest BCUT2D eigenvalue weighted by atomic mass is 9.46. The number of allylic oxidation sites excluding steroid dienone is 4. The Bertz CT molecular complexity index is 1880. The number of hydrogen-bond donors (Lipinski definition) is 2. The van der Waals surface area contributed by atoms with Crippen LogP contribution in [0, 0.1) is 80.8 Å². The topological polar surface area (TPSA) is 85.9 Å². The summed E-state index contributed by atoms with van der Waals surface area (Å²) in [4.78, 5) is 25.6. The van der Waals surface area contributed by atoms with E-state index in [0.29, 0.717) is 71.4 Å². The fourth-order valence-corrected chi connectivity index (χ4v) is 20.4. The van der Waals surface area contributed by atoms with Gasteiger partial charge in [0, 0.05) is 12.1 Å².